The summed E-state index contributed by atoms with van der Waals surface area (Å²) in [5.74, 6) is 0.0809. The zero-order chi connectivity index (χ0) is 27.7. The minimum atomic E-state index is -0.569. The monoisotopic (exact) mass is 555 g/mol. The third kappa shape index (κ3) is 10.1. The van der Waals surface area contributed by atoms with Gasteiger partial charge in [0.05, 0.1) is 33.6 Å². The summed E-state index contributed by atoms with van der Waals surface area (Å²) in [5, 5.41) is 3.14. The highest BCUT2D eigenvalue weighted by Crippen LogP contribution is 2.30. The second-order valence-electron chi connectivity index (χ2n) is 9.69. The van der Waals surface area contributed by atoms with Gasteiger partial charge in [-0.05, 0) is 74.4 Å². The highest BCUT2D eigenvalue weighted by Gasteiger charge is 2.19. The van der Waals surface area contributed by atoms with Gasteiger partial charge in [-0.15, -0.1) is 12.4 Å². The maximum Gasteiger partial charge on any atom is 0.315 e. The topological polar surface area (TPSA) is 100 Å². The lowest BCUT2D eigenvalue weighted by Crippen LogP contribution is -2.39. The molecule has 208 valence electrons. The molecule has 0 bridgehead atoms. The Morgan fingerprint density at radius 2 is 1.15 bits per heavy atom. The molecule has 1 N–H and O–H groups in total. The summed E-state index contributed by atoms with van der Waals surface area (Å²) >= 11 is 0. The van der Waals surface area contributed by atoms with E-state index in [2.05, 4.69) is 5.32 Å². The minimum absolute atomic E-state index is 0. The second kappa shape index (κ2) is 14.3. The smallest absolute Gasteiger partial charge is 0.315 e. The first-order valence-corrected chi connectivity index (χ1v) is 12.2. The molecule has 3 rings (SSSR count). The highest BCUT2D eigenvalue weighted by molar-refractivity contribution is 5.98. The molecule has 0 amide bonds. The Morgan fingerprint density at radius 1 is 0.692 bits per heavy atom. The van der Waals surface area contributed by atoms with E-state index in [0.717, 1.165) is 11.1 Å². The van der Waals surface area contributed by atoms with Gasteiger partial charge in [-0.2, -0.15) is 0 Å². The Morgan fingerprint density at radius 3 is 1.59 bits per heavy atom. The summed E-state index contributed by atoms with van der Waals surface area (Å²) in [4.78, 5) is 38.2. The molecule has 8 nitrogen and oxygen atoms in total. The number of methoxy groups -OCH3 is 2. The molecule has 0 aliphatic carbocycles. The van der Waals surface area contributed by atoms with Gasteiger partial charge in [0.25, 0.3) is 0 Å². The molecule has 3 aromatic carbocycles. The molecule has 0 saturated heterocycles. The Kier molecular flexibility index (Phi) is 11.5. The lowest BCUT2D eigenvalue weighted by molar-refractivity contribution is -0.136. The Hall–Kier alpha value is -3.88. The molecular formula is C30H34ClNO7. The summed E-state index contributed by atoms with van der Waals surface area (Å²) in [7, 11) is 3.13. The molecule has 0 saturated carbocycles. The Labute approximate surface area is 235 Å². The fourth-order valence-electron chi connectivity index (χ4n) is 3.43. The van der Waals surface area contributed by atoms with Gasteiger partial charge >= 0.3 is 11.9 Å². The number of hydrogen-bond donors (Lipinski definition) is 1. The maximum atomic E-state index is 12.8. The maximum absolute atomic E-state index is 12.8. The molecule has 9 heteroatoms. The first-order valence-electron chi connectivity index (χ1n) is 12.2. The number of benzene rings is 3. The zero-order valence-electron chi connectivity index (χ0n) is 22.7. The van der Waals surface area contributed by atoms with Crippen LogP contribution in [0.15, 0.2) is 66.7 Å². The van der Waals surface area contributed by atoms with E-state index >= 15 is 0 Å². The number of nitrogens with one attached hydrogen (secondary N) is 1. The number of ketones is 1. The number of carbonyl (C=O) groups excluding carboxylic acids is 3. The van der Waals surface area contributed by atoms with Gasteiger partial charge in [0.15, 0.2) is 17.3 Å². The first kappa shape index (κ1) is 31.3. The van der Waals surface area contributed by atoms with Crippen molar-refractivity contribution in [3.05, 3.63) is 83.4 Å². The van der Waals surface area contributed by atoms with E-state index in [0.29, 0.717) is 17.1 Å². The predicted molar refractivity (Wildman–Crippen MR) is 150 cm³/mol. The van der Waals surface area contributed by atoms with E-state index in [1.807, 2.05) is 20.8 Å². The van der Waals surface area contributed by atoms with Crippen LogP contribution in [0.25, 0.3) is 0 Å². The summed E-state index contributed by atoms with van der Waals surface area (Å²) < 4.78 is 21.4. The van der Waals surface area contributed by atoms with Gasteiger partial charge in [-0.3, -0.25) is 14.4 Å². The lowest BCUT2D eigenvalue weighted by atomic mass is 10.1. The molecule has 0 heterocycles. The Bertz CT molecular complexity index is 1270. The van der Waals surface area contributed by atoms with Gasteiger partial charge in [0.1, 0.15) is 11.5 Å². The summed E-state index contributed by atoms with van der Waals surface area (Å²) in [5.41, 5.74) is 1.52. The number of carbonyl (C=O) groups is 3. The van der Waals surface area contributed by atoms with E-state index in [1.54, 1.807) is 68.8 Å². The molecule has 0 spiro atoms. The predicted octanol–water partition coefficient (Wildman–Crippen LogP) is 4.99. The largest absolute Gasteiger partial charge is 0.497 e. The van der Waals surface area contributed by atoms with Crippen LogP contribution in [0, 0.1) is 0 Å². The van der Waals surface area contributed by atoms with Crippen molar-refractivity contribution >= 4 is 30.1 Å². The van der Waals surface area contributed by atoms with Crippen LogP contribution in [0.1, 0.15) is 42.3 Å². The summed E-state index contributed by atoms with van der Waals surface area (Å²) in [6.07, 6.45) is -0.0214. The average molecular weight is 556 g/mol. The normalized spacial score (nSPS) is 10.7. The van der Waals surface area contributed by atoms with Crippen LogP contribution in [-0.4, -0.2) is 44.0 Å². The molecule has 0 atom stereocenters. The van der Waals surface area contributed by atoms with E-state index < -0.39 is 11.9 Å². The van der Waals surface area contributed by atoms with Crippen molar-refractivity contribution in [2.75, 3.05) is 20.8 Å². The van der Waals surface area contributed by atoms with E-state index in [1.165, 1.54) is 12.1 Å². The number of esters is 2. The summed E-state index contributed by atoms with van der Waals surface area (Å²) in [6.45, 7) is 5.97. The van der Waals surface area contributed by atoms with Crippen LogP contribution in [-0.2, 0) is 22.4 Å². The van der Waals surface area contributed by atoms with Crippen molar-refractivity contribution in [1.29, 1.82) is 0 Å². The lowest BCUT2D eigenvalue weighted by Gasteiger charge is -2.20. The van der Waals surface area contributed by atoms with Crippen LogP contribution < -0.4 is 24.3 Å². The molecule has 39 heavy (non-hydrogen) atoms. The van der Waals surface area contributed by atoms with Crippen molar-refractivity contribution in [3.63, 3.8) is 0 Å². The average Bonchev–Trinajstić information content (AvgIpc) is 2.88. The molecule has 0 fully saturated rings. The van der Waals surface area contributed by atoms with Crippen molar-refractivity contribution in [2.24, 2.45) is 0 Å². The first-order chi connectivity index (χ1) is 18.1. The number of hydrogen-bond acceptors (Lipinski definition) is 8. The van der Waals surface area contributed by atoms with Crippen molar-refractivity contribution < 1.29 is 33.3 Å². The van der Waals surface area contributed by atoms with Gasteiger partial charge in [-0.25, -0.2) is 0 Å². The number of rotatable bonds is 11. The number of Topliss-reactive ketones (excluding diaryl/α,β-unsaturated/α-hetero) is 1. The van der Waals surface area contributed by atoms with E-state index in [4.69, 9.17) is 18.9 Å². The third-order valence-electron chi connectivity index (χ3n) is 5.51. The molecular weight excluding hydrogens is 522 g/mol. The van der Waals surface area contributed by atoms with Crippen molar-refractivity contribution in [1.82, 2.24) is 5.32 Å². The number of halogens is 1. The van der Waals surface area contributed by atoms with E-state index in [-0.39, 0.29) is 54.6 Å². The molecule has 0 aliphatic rings. The summed E-state index contributed by atoms with van der Waals surface area (Å²) in [6, 6.07) is 18.5. The fraction of sp³-hybridized carbons (Fsp3) is 0.300. The van der Waals surface area contributed by atoms with Crippen LogP contribution in [0.5, 0.6) is 23.0 Å². The highest BCUT2D eigenvalue weighted by atomic mass is 35.5. The van der Waals surface area contributed by atoms with Crippen molar-refractivity contribution in [3.8, 4) is 23.0 Å². The number of ether oxygens (including phenoxy) is 4. The molecule has 0 unspecified atom stereocenters. The van der Waals surface area contributed by atoms with Crippen LogP contribution in [0.4, 0.5) is 0 Å². The Balaban J connectivity index is 0.00000533. The van der Waals surface area contributed by atoms with Gasteiger partial charge < -0.3 is 24.3 Å². The van der Waals surface area contributed by atoms with Gasteiger partial charge in [-0.1, -0.05) is 24.3 Å². The van der Waals surface area contributed by atoms with Crippen LogP contribution in [0.3, 0.4) is 0 Å². The van der Waals surface area contributed by atoms with Gasteiger partial charge in [0.2, 0.25) is 0 Å². The molecule has 3 aromatic rings. The standard InChI is InChI=1S/C30H33NO7.ClH/c1-30(2,3)31-19-25(32)22-10-15-26(37-28(33)16-20-6-11-23(35-4)12-7-20)27(18-22)38-29(34)17-21-8-13-24(36-5)14-9-21;/h6-15,18,31H,16-17,19H2,1-5H3;1H. The van der Waals surface area contributed by atoms with Crippen LogP contribution in [0.2, 0.25) is 0 Å². The van der Waals surface area contributed by atoms with Gasteiger partial charge in [0, 0.05) is 11.1 Å². The van der Waals surface area contributed by atoms with Crippen molar-refractivity contribution in [2.45, 2.75) is 39.2 Å². The van der Waals surface area contributed by atoms with Crippen LogP contribution >= 0.6 is 12.4 Å². The molecule has 0 aromatic heterocycles. The quantitative estimate of drug-likeness (QED) is 0.201. The third-order valence-corrected chi connectivity index (χ3v) is 5.51. The second-order valence-corrected chi connectivity index (χ2v) is 9.69. The molecule has 0 radical (unpaired) electrons. The SMILES string of the molecule is COc1ccc(CC(=O)Oc2ccc(C(=O)CNC(C)(C)C)cc2OC(=O)Cc2ccc(OC)cc2)cc1.Cl. The van der Waals surface area contributed by atoms with E-state index in [9.17, 15) is 14.4 Å². The minimum Gasteiger partial charge on any atom is -0.497 e. The fourth-order valence-corrected chi connectivity index (χ4v) is 3.43. The molecule has 0 aliphatic heterocycles. The zero-order valence-corrected chi connectivity index (χ0v) is 23.6.